The zero-order chi connectivity index (χ0) is 23.5. The van der Waals surface area contributed by atoms with Crippen LogP contribution < -0.4 is 10.1 Å². The lowest BCUT2D eigenvalue weighted by Crippen LogP contribution is -2.49. The van der Waals surface area contributed by atoms with E-state index in [9.17, 15) is 19.6 Å². The zero-order valence-corrected chi connectivity index (χ0v) is 18.4. The van der Waals surface area contributed by atoms with Crippen LogP contribution in [0, 0.1) is 11.3 Å². The molecule has 0 aliphatic carbocycles. The summed E-state index contributed by atoms with van der Waals surface area (Å²) in [7, 11) is 1.53. The van der Waals surface area contributed by atoms with E-state index in [1.165, 1.54) is 7.11 Å². The number of hydrogen-bond donors (Lipinski definition) is 1. The van der Waals surface area contributed by atoms with Gasteiger partial charge in [0.2, 0.25) is 0 Å². The van der Waals surface area contributed by atoms with Crippen LogP contribution in [0.1, 0.15) is 59.5 Å². The number of benzene rings is 2. The number of nitriles is 1. The van der Waals surface area contributed by atoms with Crippen LogP contribution in [0.3, 0.4) is 0 Å². The molecule has 3 rings (SSSR count). The van der Waals surface area contributed by atoms with E-state index in [0.29, 0.717) is 11.3 Å². The maximum absolute atomic E-state index is 13.1. The summed E-state index contributed by atoms with van der Waals surface area (Å²) in [5, 5.41) is 12.3. The first-order valence-corrected chi connectivity index (χ1v) is 10.1. The topological polar surface area (TPSA) is 109 Å². The number of carbonyl (C=O) groups excluding carboxylic acids is 3. The molecule has 8 nitrogen and oxygen atoms in total. The normalized spacial score (nSPS) is 14.9. The van der Waals surface area contributed by atoms with Gasteiger partial charge in [0.1, 0.15) is 11.4 Å². The second-order valence-electron chi connectivity index (χ2n) is 8.35. The quantitative estimate of drug-likeness (QED) is 0.691. The molecule has 32 heavy (non-hydrogen) atoms. The van der Waals surface area contributed by atoms with Crippen molar-refractivity contribution in [1.29, 1.82) is 5.26 Å². The van der Waals surface area contributed by atoms with Gasteiger partial charge in [-0.05, 0) is 50.6 Å². The van der Waals surface area contributed by atoms with Crippen LogP contribution in [0.15, 0.2) is 48.5 Å². The van der Waals surface area contributed by atoms with Gasteiger partial charge in [0, 0.05) is 0 Å². The third-order valence-corrected chi connectivity index (χ3v) is 4.99. The Morgan fingerprint density at radius 2 is 1.62 bits per heavy atom. The van der Waals surface area contributed by atoms with Crippen molar-refractivity contribution in [3.8, 4) is 11.8 Å². The van der Waals surface area contributed by atoms with Crippen molar-refractivity contribution in [2.24, 2.45) is 0 Å². The van der Waals surface area contributed by atoms with Crippen molar-refractivity contribution in [2.75, 3.05) is 7.11 Å². The molecular formula is C24H25N3O5. The highest BCUT2D eigenvalue weighted by atomic mass is 16.6. The average Bonchev–Trinajstić information content (AvgIpc) is 3.00. The molecule has 2 atom stereocenters. The van der Waals surface area contributed by atoms with Crippen molar-refractivity contribution in [1.82, 2.24) is 10.2 Å². The van der Waals surface area contributed by atoms with Gasteiger partial charge in [-0.15, -0.1) is 0 Å². The van der Waals surface area contributed by atoms with Crippen LogP contribution in [-0.2, 0) is 4.74 Å². The first-order valence-electron chi connectivity index (χ1n) is 10.1. The number of methoxy groups -OCH3 is 1. The summed E-state index contributed by atoms with van der Waals surface area (Å²) in [6.07, 6.45) is -0.907. The molecule has 1 aliphatic heterocycles. The van der Waals surface area contributed by atoms with Crippen LogP contribution in [0.25, 0.3) is 0 Å². The second-order valence-corrected chi connectivity index (χ2v) is 8.35. The molecule has 0 unspecified atom stereocenters. The maximum atomic E-state index is 13.1. The lowest BCUT2D eigenvalue weighted by molar-refractivity contribution is 0.0411. The highest BCUT2D eigenvalue weighted by Crippen LogP contribution is 2.32. The van der Waals surface area contributed by atoms with E-state index in [0.717, 1.165) is 4.90 Å². The first kappa shape index (κ1) is 22.8. The summed E-state index contributed by atoms with van der Waals surface area (Å²) in [5.74, 6) is -0.409. The van der Waals surface area contributed by atoms with Gasteiger partial charge < -0.3 is 14.8 Å². The fourth-order valence-corrected chi connectivity index (χ4v) is 3.61. The third-order valence-electron chi connectivity index (χ3n) is 4.99. The molecule has 0 radical (unpaired) electrons. The summed E-state index contributed by atoms with van der Waals surface area (Å²) in [6, 6.07) is 13.5. The minimum Gasteiger partial charge on any atom is -0.497 e. The van der Waals surface area contributed by atoms with Gasteiger partial charge >= 0.3 is 6.09 Å². The van der Waals surface area contributed by atoms with E-state index in [-0.39, 0.29) is 17.5 Å². The summed E-state index contributed by atoms with van der Waals surface area (Å²) >= 11 is 0. The zero-order valence-electron chi connectivity index (χ0n) is 18.4. The summed E-state index contributed by atoms with van der Waals surface area (Å²) in [6.45, 7) is 5.18. The molecular weight excluding hydrogens is 410 g/mol. The molecule has 1 N–H and O–H groups in total. The summed E-state index contributed by atoms with van der Waals surface area (Å²) in [5.41, 5.74) is 0.375. The van der Waals surface area contributed by atoms with Gasteiger partial charge in [-0.1, -0.05) is 24.3 Å². The second kappa shape index (κ2) is 9.10. The number of imide groups is 1. The molecule has 0 bridgehead atoms. The monoisotopic (exact) mass is 435 g/mol. The van der Waals surface area contributed by atoms with Gasteiger partial charge in [0.25, 0.3) is 11.8 Å². The van der Waals surface area contributed by atoms with Crippen LogP contribution in [0.2, 0.25) is 0 Å². The van der Waals surface area contributed by atoms with Crippen LogP contribution in [-0.4, -0.2) is 41.6 Å². The van der Waals surface area contributed by atoms with E-state index < -0.39 is 35.6 Å². The molecule has 8 heteroatoms. The molecule has 0 saturated carbocycles. The van der Waals surface area contributed by atoms with Crippen LogP contribution >= 0.6 is 0 Å². The SMILES string of the molecule is COc1ccc([C@@H](NC(=O)OC(C)(C)C)[C@H](CC#N)N2C(=O)c3ccccc3C2=O)cc1. The van der Waals surface area contributed by atoms with E-state index in [2.05, 4.69) is 5.32 Å². The minimum absolute atomic E-state index is 0.183. The number of fused-ring (bicyclic) bond motifs is 1. The molecule has 3 amide bonds. The maximum Gasteiger partial charge on any atom is 0.408 e. The first-order chi connectivity index (χ1) is 15.2. The molecule has 0 fully saturated rings. The van der Waals surface area contributed by atoms with Crippen molar-refractivity contribution in [3.63, 3.8) is 0 Å². The highest BCUT2D eigenvalue weighted by Gasteiger charge is 2.43. The Bertz CT molecular complexity index is 1030. The molecule has 0 aromatic heterocycles. The number of alkyl carbamates (subject to hydrolysis) is 1. The molecule has 1 aliphatic rings. The number of hydrogen-bond acceptors (Lipinski definition) is 6. The molecule has 2 aromatic carbocycles. The predicted molar refractivity (Wildman–Crippen MR) is 116 cm³/mol. The van der Waals surface area contributed by atoms with Crippen molar-refractivity contribution in [2.45, 2.75) is 44.9 Å². The minimum atomic E-state index is -0.951. The Morgan fingerprint density at radius 1 is 1.06 bits per heavy atom. The lowest BCUT2D eigenvalue weighted by Gasteiger charge is -2.33. The Hall–Kier alpha value is -3.86. The predicted octanol–water partition coefficient (Wildman–Crippen LogP) is 3.84. The number of amides is 3. The fraction of sp³-hybridized carbons (Fsp3) is 0.333. The third kappa shape index (κ3) is 4.72. The number of carbonyl (C=O) groups is 3. The lowest BCUT2D eigenvalue weighted by atomic mass is 9.95. The van der Waals surface area contributed by atoms with Crippen LogP contribution in [0.5, 0.6) is 5.75 Å². The number of nitrogens with one attached hydrogen (secondary N) is 1. The van der Waals surface area contributed by atoms with Crippen molar-refractivity contribution in [3.05, 3.63) is 65.2 Å². The van der Waals surface area contributed by atoms with Crippen molar-refractivity contribution < 1.29 is 23.9 Å². The van der Waals surface area contributed by atoms with Gasteiger partial charge in [-0.3, -0.25) is 14.5 Å². The highest BCUT2D eigenvalue weighted by molar-refractivity contribution is 6.21. The van der Waals surface area contributed by atoms with E-state index >= 15 is 0 Å². The van der Waals surface area contributed by atoms with E-state index in [1.54, 1.807) is 69.3 Å². The summed E-state index contributed by atoms with van der Waals surface area (Å²) < 4.78 is 10.6. The standard InChI is InChI=1S/C24H25N3O5/c1-24(2,3)32-23(30)26-20(15-9-11-16(31-4)12-10-15)19(13-14-25)27-21(28)17-7-5-6-8-18(17)22(27)29/h5-12,19-20H,13H2,1-4H3,(H,26,30)/t19-,20+/m0/s1. The van der Waals surface area contributed by atoms with Gasteiger partial charge in [-0.25, -0.2) is 4.79 Å². The smallest absolute Gasteiger partial charge is 0.408 e. The number of ether oxygens (including phenoxy) is 2. The Kier molecular flexibility index (Phi) is 6.49. The van der Waals surface area contributed by atoms with Crippen LogP contribution in [0.4, 0.5) is 4.79 Å². The van der Waals surface area contributed by atoms with E-state index in [1.807, 2.05) is 6.07 Å². The molecule has 166 valence electrons. The Labute approximate surface area is 186 Å². The van der Waals surface area contributed by atoms with Gasteiger partial charge in [0.15, 0.2) is 0 Å². The molecule has 0 spiro atoms. The summed E-state index contributed by atoms with van der Waals surface area (Å²) in [4.78, 5) is 39.9. The number of rotatable bonds is 6. The molecule has 2 aromatic rings. The molecule has 0 saturated heterocycles. The van der Waals surface area contributed by atoms with Crippen molar-refractivity contribution >= 4 is 17.9 Å². The fourth-order valence-electron chi connectivity index (χ4n) is 3.61. The van der Waals surface area contributed by atoms with Gasteiger partial charge in [0.05, 0.1) is 42.8 Å². The number of nitrogens with zero attached hydrogens (tertiary/aromatic N) is 2. The largest absolute Gasteiger partial charge is 0.497 e. The van der Waals surface area contributed by atoms with Gasteiger partial charge in [-0.2, -0.15) is 5.26 Å². The average molecular weight is 435 g/mol. The Morgan fingerprint density at radius 3 is 2.09 bits per heavy atom. The van der Waals surface area contributed by atoms with E-state index in [4.69, 9.17) is 9.47 Å². The Balaban J connectivity index is 2.03. The molecule has 1 heterocycles.